The van der Waals surface area contributed by atoms with Gasteiger partial charge in [0.15, 0.2) is 0 Å². The van der Waals surface area contributed by atoms with Crippen LogP contribution in [0.1, 0.15) is 30.6 Å². The van der Waals surface area contributed by atoms with Gasteiger partial charge in [-0.25, -0.2) is 8.78 Å². The zero-order chi connectivity index (χ0) is 11.6. The van der Waals surface area contributed by atoms with Gasteiger partial charge >= 0.3 is 0 Å². The molecule has 0 bridgehead atoms. The van der Waals surface area contributed by atoms with Crippen molar-refractivity contribution in [2.45, 2.75) is 25.5 Å². The molecule has 0 saturated heterocycles. The average Bonchev–Trinajstić information content (AvgIpc) is 2.16. The van der Waals surface area contributed by atoms with Crippen molar-refractivity contribution in [1.29, 1.82) is 0 Å². The number of aliphatic hydroxyl groups is 1. The molecule has 0 aliphatic rings. The zero-order valence-corrected chi connectivity index (χ0v) is 8.19. The number of hydrogen-bond donors (Lipinski definition) is 3. The third kappa shape index (κ3) is 2.64. The Labute approximate surface area is 86.2 Å². The topological polar surface area (TPSA) is 66.5 Å². The van der Waals surface area contributed by atoms with Crippen molar-refractivity contribution < 1.29 is 19.0 Å². The lowest BCUT2D eigenvalue weighted by Gasteiger charge is -2.17. The third-order valence-corrected chi connectivity index (χ3v) is 2.12. The van der Waals surface area contributed by atoms with Crippen LogP contribution < -0.4 is 5.73 Å². The summed E-state index contributed by atoms with van der Waals surface area (Å²) in [7, 11) is 0. The summed E-state index contributed by atoms with van der Waals surface area (Å²) in [6, 6.07) is 2.66. The second kappa shape index (κ2) is 4.55. The number of phenols is 1. The van der Waals surface area contributed by atoms with Gasteiger partial charge < -0.3 is 15.9 Å². The van der Waals surface area contributed by atoms with Crippen LogP contribution in [0.25, 0.3) is 0 Å². The van der Waals surface area contributed by atoms with Crippen molar-refractivity contribution in [3.63, 3.8) is 0 Å². The van der Waals surface area contributed by atoms with Gasteiger partial charge in [-0.1, -0.05) is 0 Å². The number of alkyl halides is 2. The third-order valence-electron chi connectivity index (χ3n) is 2.12. The van der Waals surface area contributed by atoms with E-state index < -0.39 is 18.6 Å². The highest BCUT2D eigenvalue weighted by Gasteiger charge is 2.18. The van der Waals surface area contributed by atoms with E-state index in [0.29, 0.717) is 0 Å². The fraction of sp³-hybridized carbons (Fsp3) is 0.400. The van der Waals surface area contributed by atoms with Crippen molar-refractivity contribution in [3.05, 3.63) is 29.3 Å². The number of benzene rings is 1. The van der Waals surface area contributed by atoms with E-state index in [2.05, 4.69) is 0 Å². The van der Waals surface area contributed by atoms with E-state index in [-0.39, 0.29) is 16.9 Å². The van der Waals surface area contributed by atoms with Crippen molar-refractivity contribution in [1.82, 2.24) is 0 Å². The zero-order valence-electron chi connectivity index (χ0n) is 8.19. The predicted octanol–water partition coefficient (Wildman–Crippen LogP) is 1.71. The first kappa shape index (κ1) is 11.9. The Morgan fingerprint density at radius 3 is 2.40 bits per heavy atom. The predicted molar refractivity (Wildman–Crippen MR) is 51.7 cm³/mol. The summed E-state index contributed by atoms with van der Waals surface area (Å²) in [5, 5.41) is 18.9. The van der Waals surface area contributed by atoms with Crippen LogP contribution in [-0.2, 0) is 0 Å². The van der Waals surface area contributed by atoms with Gasteiger partial charge in [-0.2, -0.15) is 0 Å². The lowest BCUT2D eigenvalue weighted by molar-refractivity contribution is 0.143. The largest absolute Gasteiger partial charge is 0.508 e. The van der Waals surface area contributed by atoms with Gasteiger partial charge in [0.25, 0.3) is 6.43 Å². The van der Waals surface area contributed by atoms with Crippen LogP contribution in [0.15, 0.2) is 18.2 Å². The normalized spacial score (nSPS) is 15.3. The molecule has 0 fully saturated rings. The molecule has 0 aliphatic carbocycles. The molecule has 0 aliphatic heterocycles. The minimum atomic E-state index is -2.63. The summed E-state index contributed by atoms with van der Waals surface area (Å²) in [5.74, 6) is -0.232. The molecule has 1 aromatic rings. The summed E-state index contributed by atoms with van der Waals surface area (Å²) >= 11 is 0. The molecule has 0 saturated carbocycles. The van der Waals surface area contributed by atoms with Gasteiger partial charge in [0.2, 0.25) is 0 Å². The molecule has 1 rings (SSSR count). The number of aromatic hydroxyl groups is 1. The molecule has 0 radical (unpaired) electrons. The monoisotopic (exact) mass is 217 g/mol. The number of aliphatic hydroxyl groups excluding tert-OH is 1. The Kier molecular flexibility index (Phi) is 3.60. The molecule has 0 aromatic heterocycles. The molecule has 2 unspecified atom stereocenters. The van der Waals surface area contributed by atoms with Crippen molar-refractivity contribution in [2.75, 3.05) is 0 Å². The first-order chi connectivity index (χ1) is 6.93. The molecule has 5 heteroatoms. The molecular formula is C10H13F2NO2. The lowest BCUT2D eigenvalue weighted by Crippen LogP contribution is -2.24. The molecule has 4 N–H and O–H groups in total. The lowest BCUT2D eigenvalue weighted by atomic mass is 10.0. The molecule has 15 heavy (non-hydrogen) atoms. The maximum absolute atomic E-state index is 12.3. The van der Waals surface area contributed by atoms with Gasteiger partial charge in [0, 0.05) is 17.2 Å². The Morgan fingerprint density at radius 1 is 1.33 bits per heavy atom. The maximum Gasteiger partial charge on any atom is 0.263 e. The summed E-state index contributed by atoms with van der Waals surface area (Å²) < 4.78 is 24.7. The highest BCUT2D eigenvalue weighted by Crippen LogP contribution is 2.30. The van der Waals surface area contributed by atoms with Crippen molar-refractivity contribution >= 4 is 0 Å². The van der Waals surface area contributed by atoms with Crippen molar-refractivity contribution in [2.24, 2.45) is 5.73 Å². The van der Waals surface area contributed by atoms with Crippen LogP contribution in [0.2, 0.25) is 0 Å². The van der Waals surface area contributed by atoms with Crippen LogP contribution in [0.4, 0.5) is 8.78 Å². The second-order valence-electron chi connectivity index (χ2n) is 3.42. The Morgan fingerprint density at radius 2 is 1.93 bits per heavy atom. The Bertz CT molecular complexity index is 342. The van der Waals surface area contributed by atoms with E-state index in [1.165, 1.54) is 6.92 Å². The van der Waals surface area contributed by atoms with Crippen LogP contribution in [0, 0.1) is 0 Å². The summed E-state index contributed by atoms with van der Waals surface area (Å²) in [6.45, 7) is 1.53. The minimum Gasteiger partial charge on any atom is -0.508 e. The van der Waals surface area contributed by atoms with E-state index in [0.717, 1.165) is 18.2 Å². The Hall–Kier alpha value is -1.20. The van der Waals surface area contributed by atoms with E-state index >= 15 is 0 Å². The SMILES string of the molecule is CC(N)C(O)c1cc(C(F)F)ccc1O. The molecule has 3 nitrogen and oxygen atoms in total. The summed E-state index contributed by atoms with van der Waals surface area (Å²) in [6.07, 6.45) is -3.78. The van der Waals surface area contributed by atoms with Crippen LogP contribution in [0.5, 0.6) is 5.75 Å². The van der Waals surface area contributed by atoms with E-state index in [9.17, 15) is 19.0 Å². The smallest absolute Gasteiger partial charge is 0.263 e. The first-order valence-electron chi connectivity index (χ1n) is 4.48. The number of phenolic OH excluding ortho intramolecular Hbond substituents is 1. The van der Waals surface area contributed by atoms with Gasteiger partial charge in [-0.3, -0.25) is 0 Å². The number of rotatable bonds is 3. The average molecular weight is 217 g/mol. The molecule has 0 heterocycles. The molecule has 84 valence electrons. The van der Waals surface area contributed by atoms with Gasteiger partial charge in [-0.15, -0.1) is 0 Å². The fourth-order valence-electron chi connectivity index (χ4n) is 1.23. The van der Waals surface area contributed by atoms with Crippen molar-refractivity contribution in [3.8, 4) is 5.75 Å². The molecule has 0 amide bonds. The molecule has 1 aromatic carbocycles. The Balaban J connectivity index is 3.10. The quantitative estimate of drug-likeness (QED) is 0.722. The van der Waals surface area contributed by atoms with Gasteiger partial charge in [0.1, 0.15) is 5.75 Å². The standard InChI is InChI=1S/C10H13F2NO2/c1-5(13)9(15)7-4-6(10(11)12)2-3-8(7)14/h2-5,9-10,14-15H,13H2,1H3. The summed E-state index contributed by atoms with van der Waals surface area (Å²) in [5.41, 5.74) is 5.20. The van der Waals surface area contributed by atoms with E-state index in [1.54, 1.807) is 0 Å². The molecule has 2 atom stereocenters. The number of nitrogens with two attached hydrogens (primary N) is 1. The highest BCUT2D eigenvalue weighted by molar-refractivity contribution is 5.38. The number of halogens is 2. The highest BCUT2D eigenvalue weighted by atomic mass is 19.3. The molecule has 0 spiro atoms. The van der Waals surface area contributed by atoms with Crippen LogP contribution in [-0.4, -0.2) is 16.3 Å². The van der Waals surface area contributed by atoms with E-state index in [4.69, 9.17) is 5.73 Å². The summed E-state index contributed by atoms with van der Waals surface area (Å²) in [4.78, 5) is 0. The fourth-order valence-corrected chi connectivity index (χ4v) is 1.23. The number of hydrogen-bond acceptors (Lipinski definition) is 3. The van der Waals surface area contributed by atoms with E-state index in [1.807, 2.05) is 0 Å². The van der Waals surface area contributed by atoms with Gasteiger partial charge in [-0.05, 0) is 25.1 Å². The minimum absolute atomic E-state index is 0.0304. The molecular weight excluding hydrogens is 204 g/mol. The van der Waals surface area contributed by atoms with Crippen LogP contribution >= 0.6 is 0 Å². The van der Waals surface area contributed by atoms with Crippen LogP contribution in [0.3, 0.4) is 0 Å². The second-order valence-corrected chi connectivity index (χ2v) is 3.42. The first-order valence-corrected chi connectivity index (χ1v) is 4.48. The maximum atomic E-state index is 12.3. The van der Waals surface area contributed by atoms with Gasteiger partial charge in [0.05, 0.1) is 6.10 Å².